The Bertz CT molecular complexity index is 1730. The molecule has 180 valence electrons. The lowest BCUT2D eigenvalue weighted by Crippen LogP contribution is -2.19. The van der Waals surface area contributed by atoms with Crippen LogP contribution in [-0.2, 0) is 0 Å². The molecule has 5 rings (SSSR count). The van der Waals surface area contributed by atoms with Gasteiger partial charge in [0.1, 0.15) is 11.6 Å². The van der Waals surface area contributed by atoms with Gasteiger partial charge in [-0.2, -0.15) is 15.0 Å². The molecule has 0 atom stereocenters. The fourth-order valence-electron chi connectivity index (χ4n) is 4.46. The van der Waals surface area contributed by atoms with E-state index in [2.05, 4.69) is 28.6 Å². The second kappa shape index (κ2) is 9.51. The van der Waals surface area contributed by atoms with Gasteiger partial charge in [0, 0.05) is 16.5 Å². The van der Waals surface area contributed by atoms with Gasteiger partial charge >= 0.3 is 0 Å². The molecule has 0 bridgehead atoms. The molecule has 0 fully saturated rings. The van der Waals surface area contributed by atoms with Crippen molar-refractivity contribution in [2.24, 2.45) is 0 Å². The van der Waals surface area contributed by atoms with Crippen LogP contribution >= 0.6 is 0 Å². The molecule has 1 N–H and O–H groups in total. The molecule has 2 aromatic heterocycles. The first kappa shape index (κ1) is 23.6. The van der Waals surface area contributed by atoms with Crippen molar-refractivity contribution in [3.05, 3.63) is 118 Å². The largest absolute Gasteiger partial charge is 0.305 e. The van der Waals surface area contributed by atoms with Gasteiger partial charge in [-0.15, -0.1) is 0 Å². The number of hydrogen-bond donors (Lipinski definition) is 1. The van der Waals surface area contributed by atoms with Crippen LogP contribution in [0.25, 0.3) is 16.7 Å². The zero-order valence-corrected chi connectivity index (χ0v) is 20.6. The summed E-state index contributed by atoms with van der Waals surface area (Å²) >= 11 is 0. The number of aromatic nitrogens is 3. The number of nitriles is 1. The Balaban J connectivity index is 1.56. The van der Waals surface area contributed by atoms with Crippen LogP contribution in [-0.4, -0.2) is 26.5 Å². The minimum atomic E-state index is -0.526. The summed E-state index contributed by atoms with van der Waals surface area (Å²) in [6.07, 6.45) is 1.39. The average molecular weight is 486 g/mol. The van der Waals surface area contributed by atoms with Crippen LogP contribution < -0.4 is 5.32 Å². The number of amides is 1. The predicted octanol–water partition coefficient (Wildman–Crippen LogP) is 5.70. The zero-order valence-electron chi connectivity index (χ0n) is 20.6. The number of carbonyl (C=O) groups excluding carboxylic acids is 2. The van der Waals surface area contributed by atoms with Gasteiger partial charge in [0.25, 0.3) is 5.91 Å². The van der Waals surface area contributed by atoms with Crippen LogP contribution in [0.2, 0.25) is 0 Å². The number of anilines is 1. The maximum atomic E-state index is 13.5. The van der Waals surface area contributed by atoms with E-state index < -0.39 is 5.91 Å². The van der Waals surface area contributed by atoms with Crippen molar-refractivity contribution in [2.45, 2.75) is 20.8 Å². The molecule has 2 heterocycles. The predicted molar refractivity (Wildman–Crippen MR) is 142 cm³/mol. The molecule has 0 aliphatic carbocycles. The van der Waals surface area contributed by atoms with Gasteiger partial charge < -0.3 is 5.32 Å². The number of aryl methyl sites for hydroxylation is 3. The molecule has 7 nitrogen and oxygen atoms in total. The third-order valence-electron chi connectivity index (χ3n) is 6.23. The zero-order chi connectivity index (χ0) is 26.1. The summed E-state index contributed by atoms with van der Waals surface area (Å²) in [4.78, 5) is 31.4. The molecule has 0 unspecified atom stereocenters. The van der Waals surface area contributed by atoms with Crippen LogP contribution in [0.1, 0.15) is 48.5 Å². The normalized spacial score (nSPS) is 10.8. The average Bonchev–Trinajstić information content (AvgIpc) is 3.31. The van der Waals surface area contributed by atoms with E-state index in [4.69, 9.17) is 4.98 Å². The number of pyridine rings is 1. The lowest BCUT2D eigenvalue weighted by molar-refractivity contribution is 0.0996. The van der Waals surface area contributed by atoms with Crippen molar-refractivity contribution < 1.29 is 9.59 Å². The fraction of sp³-hybridized carbons (Fsp3) is 0.100. The Labute approximate surface area is 214 Å². The lowest BCUT2D eigenvalue weighted by atomic mass is 9.98. The molecule has 3 aromatic carbocycles. The van der Waals surface area contributed by atoms with Gasteiger partial charge in [0.15, 0.2) is 17.4 Å². The van der Waals surface area contributed by atoms with Crippen LogP contribution in [0.5, 0.6) is 0 Å². The smallest absolute Gasteiger partial charge is 0.257 e. The van der Waals surface area contributed by atoms with Crippen molar-refractivity contribution in [3.63, 3.8) is 0 Å². The fourth-order valence-corrected chi connectivity index (χ4v) is 4.46. The van der Waals surface area contributed by atoms with Crippen molar-refractivity contribution in [2.75, 3.05) is 5.32 Å². The van der Waals surface area contributed by atoms with Crippen molar-refractivity contribution in [1.82, 2.24) is 14.8 Å². The third-order valence-corrected chi connectivity index (χ3v) is 6.23. The lowest BCUT2D eigenvalue weighted by Gasteiger charge is -2.14. The third kappa shape index (κ3) is 4.37. The van der Waals surface area contributed by atoms with E-state index in [-0.39, 0.29) is 28.3 Å². The summed E-state index contributed by atoms with van der Waals surface area (Å²) in [5, 5.41) is 17.9. The van der Waals surface area contributed by atoms with E-state index in [1.165, 1.54) is 10.9 Å². The van der Waals surface area contributed by atoms with Crippen LogP contribution in [0.15, 0.2) is 79.0 Å². The number of carbonyl (C=O) groups is 2. The Morgan fingerprint density at radius 3 is 2.32 bits per heavy atom. The minimum absolute atomic E-state index is 0.181. The summed E-state index contributed by atoms with van der Waals surface area (Å²) in [6, 6.07) is 23.5. The Hall–Kier alpha value is -5.09. The Morgan fingerprint density at radius 1 is 0.892 bits per heavy atom. The number of benzene rings is 3. The second-order valence-electron chi connectivity index (χ2n) is 8.90. The molecule has 0 saturated carbocycles. The summed E-state index contributed by atoms with van der Waals surface area (Å²) in [5.41, 5.74) is 5.11. The van der Waals surface area contributed by atoms with E-state index in [1.54, 1.807) is 48.5 Å². The highest BCUT2D eigenvalue weighted by Gasteiger charge is 2.22. The van der Waals surface area contributed by atoms with Crippen molar-refractivity contribution >= 4 is 28.4 Å². The van der Waals surface area contributed by atoms with Gasteiger partial charge in [-0.1, -0.05) is 60.2 Å². The molecule has 1 amide bonds. The van der Waals surface area contributed by atoms with E-state index >= 15 is 0 Å². The first-order valence-corrected chi connectivity index (χ1v) is 11.7. The topological polar surface area (TPSA) is 101 Å². The molecule has 7 heteroatoms. The Morgan fingerprint density at radius 2 is 1.59 bits per heavy atom. The number of nitrogens with one attached hydrogen (secondary N) is 1. The molecule has 37 heavy (non-hydrogen) atoms. The molecule has 0 spiro atoms. The minimum Gasteiger partial charge on any atom is -0.305 e. The summed E-state index contributed by atoms with van der Waals surface area (Å²) in [7, 11) is 0. The highest BCUT2D eigenvalue weighted by molar-refractivity contribution is 6.17. The number of ketones is 1. The van der Waals surface area contributed by atoms with E-state index in [9.17, 15) is 14.9 Å². The quantitative estimate of drug-likeness (QED) is 0.322. The van der Waals surface area contributed by atoms with Gasteiger partial charge in [-0.05, 0) is 50.1 Å². The molecular formula is C30H23N5O2. The first-order chi connectivity index (χ1) is 17.9. The Kier molecular flexibility index (Phi) is 6.08. The van der Waals surface area contributed by atoms with Gasteiger partial charge in [0.2, 0.25) is 0 Å². The van der Waals surface area contributed by atoms with Crippen molar-refractivity contribution in [1.29, 1.82) is 5.26 Å². The van der Waals surface area contributed by atoms with Gasteiger partial charge in [-0.3, -0.25) is 9.59 Å². The maximum absolute atomic E-state index is 13.5. The summed E-state index contributed by atoms with van der Waals surface area (Å²) < 4.78 is 1.45. The van der Waals surface area contributed by atoms with Crippen LogP contribution in [0.4, 0.5) is 5.82 Å². The van der Waals surface area contributed by atoms with E-state index in [1.807, 2.05) is 32.9 Å². The monoisotopic (exact) mass is 485 g/mol. The number of fused-ring (bicyclic) bond motifs is 1. The number of hydrogen-bond acceptors (Lipinski definition) is 5. The van der Waals surface area contributed by atoms with Crippen molar-refractivity contribution in [3.8, 4) is 11.9 Å². The highest BCUT2D eigenvalue weighted by atomic mass is 16.2. The maximum Gasteiger partial charge on any atom is 0.257 e. The molecule has 0 radical (unpaired) electrons. The first-order valence-electron chi connectivity index (χ1n) is 11.7. The molecule has 5 aromatic rings. The molecule has 0 aliphatic rings. The number of nitrogens with zero attached hydrogens (tertiary/aromatic N) is 4. The summed E-state index contributed by atoms with van der Waals surface area (Å²) in [6.45, 7) is 6.03. The van der Waals surface area contributed by atoms with Crippen LogP contribution in [0.3, 0.4) is 0 Å². The molecular weight excluding hydrogens is 462 g/mol. The highest BCUT2D eigenvalue weighted by Crippen LogP contribution is 2.27. The van der Waals surface area contributed by atoms with E-state index in [0.717, 1.165) is 27.6 Å². The van der Waals surface area contributed by atoms with E-state index in [0.29, 0.717) is 11.4 Å². The standard InChI is InChI=1S/C30H23N5O2/c1-18-13-20(3)27-25(14-18)19(2)15-26(33-27)35-29(22(16-31)17-32-35)34-30(37)24-12-8-7-11-23(24)28(36)21-9-5-4-6-10-21/h4-15,17H,1-3H3,(H,34,37). The second-order valence-corrected chi connectivity index (χ2v) is 8.90. The van der Waals surface area contributed by atoms with Gasteiger partial charge in [0.05, 0.1) is 17.3 Å². The molecule has 0 saturated heterocycles. The summed E-state index contributed by atoms with van der Waals surface area (Å²) in [5.74, 6) is -0.131. The number of rotatable bonds is 5. The van der Waals surface area contributed by atoms with Crippen LogP contribution in [0, 0.1) is 32.1 Å². The SMILES string of the molecule is Cc1cc(C)c2nc(-n3ncc(C#N)c3NC(=O)c3ccccc3C(=O)c3ccccc3)cc(C)c2c1. The van der Waals surface area contributed by atoms with Gasteiger partial charge in [-0.25, -0.2) is 4.98 Å². The molecule has 0 aliphatic heterocycles.